The van der Waals surface area contributed by atoms with Crippen LogP contribution in [0.1, 0.15) is 0 Å². The van der Waals surface area contributed by atoms with Crippen LogP contribution in [0.25, 0.3) is 0 Å². The molecule has 0 amide bonds. The van der Waals surface area contributed by atoms with Gasteiger partial charge < -0.3 is 10.4 Å². The minimum Gasteiger partial charge on any atom is -0.328 e. The molecule has 14 nitrogen and oxygen atoms in total. The van der Waals surface area contributed by atoms with Gasteiger partial charge in [0.05, 0.1) is 0 Å². The molecule has 0 aliphatic rings. The molecule has 0 saturated carbocycles. The summed E-state index contributed by atoms with van der Waals surface area (Å²) in [7, 11) is 0. The largest absolute Gasteiger partial charge is 0.354 e. The molecule has 0 saturated heterocycles. The Morgan fingerprint density at radius 3 is 1.21 bits per heavy atom. The summed E-state index contributed by atoms with van der Waals surface area (Å²) in [5, 5.41) is 36.4. The van der Waals surface area contributed by atoms with Gasteiger partial charge >= 0.3 is 5.34 Å². The predicted octanol–water partition coefficient (Wildman–Crippen LogP) is -0.819. The molecule has 14 heavy (non-hydrogen) atoms. The molecule has 0 atom stereocenters. The number of hydrogen-bond acceptors (Lipinski definition) is 9. The van der Waals surface area contributed by atoms with Crippen molar-refractivity contribution < 1.29 is 30.6 Å². The smallest absolute Gasteiger partial charge is 0.328 e. The zero-order valence-corrected chi connectivity index (χ0v) is 5.95. The van der Waals surface area contributed by atoms with E-state index in [0.29, 0.717) is 0 Å². The quantitative estimate of drug-likeness (QED) is 0.333. The lowest BCUT2D eigenvalue weighted by molar-refractivity contribution is -0.760. The first-order valence-corrected chi connectivity index (χ1v) is 2.04. The summed E-state index contributed by atoms with van der Waals surface area (Å²) in [6, 6.07) is 0. The zero-order chi connectivity index (χ0) is 12.1. The highest BCUT2D eigenvalue weighted by atomic mass is 17.0. The summed E-state index contributed by atoms with van der Waals surface area (Å²) in [5.41, 5.74) is 0. The first-order chi connectivity index (χ1) is 6.23. The van der Waals surface area contributed by atoms with Gasteiger partial charge in [-0.1, -0.05) is 0 Å². The van der Waals surface area contributed by atoms with Crippen molar-refractivity contribution in [2.24, 2.45) is 5.34 Å². The zero-order valence-electron chi connectivity index (χ0n) is 5.95. The topological polar surface area (TPSA) is 209 Å². The van der Waals surface area contributed by atoms with E-state index in [2.05, 4.69) is 4.94 Å². The van der Waals surface area contributed by atoms with E-state index in [-0.39, 0.29) is 0 Å². The van der Waals surface area contributed by atoms with Crippen molar-refractivity contribution in [3.05, 3.63) is 35.3 Å². The second-order valence-electron chi connectivity index (χ2n) is 0.855. The van der Waals surface area contributed by atoms with Crippen molar-refractivity contribution in [1.82, 2.24) is 0 Å². The van der Waals surface area contributed by atoms with Crippen LogP contribution in [0, 0.1) is 35.3 Å². The van der Waals surface area contributed by atoms with Gasteiger partial charge in [-0.25, -0.2) is 10.1 Å². The third-order valence-electron chi connectivity index (χ3n) is 0.100. The van der Waals surface area contributed by atoms with Crippen molar-refractivity contribution in [2.45, 2.75) is 0 Å². The highest BCUT2D eigenvalue weighted by Gasteiger charge is 1.82. The van der Waals surface area contributed by atoms with E-state index in [0.717, 1.165) is 0 Å². The molecule has 14 heteroatoms. The van der Waals surface area contributed by atoms with Crippen molar-refractivity contribution in [3.8, 4) is 0 Å². The molecular formula is H2N4O10. The first kappa shape index (κ1) is 17.3. The molecule has 2 N–H and O–H groups in total. The fourth-order valence-corrected chi connectivity index (χ4v) is 0.0272. The van der Waals surface area contributed by atoms with Crippen LogP contribution in [0.15, 0.2) is 5.34 Å². The van der Waals surface area contributed by atoms with Crippen LogP contribution in [0.3, 0.4) is 0 Å². The average molecular weight is 218 g/mol. The van der Waals surface area contributed by atoms with Gasteiger partial charge in [-0.3, -0.25) is 0 Å². The Bertz CT molecular complexity index is 174. The molecule has 0 fully saturated rings. The van der Waals surface area contributed by atoms with E-state index in [1.807, 2.05) is 0 Å². The average Bonchev–Trinajstić information content (AvgIpc) is 1.82. The molecule has 0 heterocycles. The van der Waals surface area contributed by atoms with E-state index in [4.69, 9.17) is 45.7 Å². The van der Waals surface area contributed by atoms with Crippen molar-refractivity contribution in [3.63, 3.8) is 0 Å². The second kappa shape index (κ2) is 12.8. The maximum atomic E-state index is 8.89. The first-order valence-electron chi connectivity index (χ1n) is 2.04. The van der Waals surface area contributed by atoms with Crippen LogP contribution in [0.4, 0.5) is 0 Å². The van der Waals surface area contributed by atoms with Crippen LogP contribution in [-0.2, 0) is 4.94 Å². The van der Waals surface area contributed by atoms with Crippen LogP contribution in [0.5, 0.6) is 0 Å². The van der Waals surface area contributed by atoms with Gasteiger partial charge in [0, 0.05) is 4.91 Å². The third-order valence-corrected chi connectivity index (χ3v) is 0.100. The van der Waals surface area contributed by atoms with Gasteiger partial charge in [0.15, 0.2) is 5.09 Å². The van der Waals surface area contributed by atoms with Crippen molar-refractivity contribution >= 4 is 0 Å². The molecule has 0 radical (unpaired) electrons. The van der Waals surface area contributed by atoms with Gasteiger partial charge in [-0.15, -0.1) is 25.2 Å². The van der Waals surface area contributed by atoms with Crippen LogP contribution >= 0.6 is 0 Å². The van der Waals surface area contributed by atoms with Crippen LogP contribution in [0.2, 0.25) is 0 Å². The molecule has 0 aliphatic heterocycles. The maximum absolute atomic E-state index is 8.89. The lowest BCUT2D eigenvalue weighted by Gasteiger charge is -1.74. The van der Waals surface area contributed by atoms with Crippen LogP contribution in [-0.4, -0.2) is 25.7 Å². The molecule has 0 spiro atoms. The monoisotopic (exact) mass is 218 g/mol. The highest BCUT2D eigenvalue weighted by molar-refractivity contribution is 3.92. The normalized spacial score (nSPS) is 6.29. The minimum atomic E-state index is -1.50. The summed E-state index contributed by atoms with van der Waals surface area (Å²) in [5.74, 6) is 0. The fourth-order valence-electron chi connectivity index (χ4n) is 0.0272. The molecule has 0 aromatic heterocycles. The van der Waals surface area contributed by atoms with E-state index in [9.17, 15) is 0 Å². The molecule has 0 unspecified atom stereocenters. The molecular weight excluding hydrogens is 216 g/mol. The summed E-state index contributed by atoms with van der Waals surface area (Å²) in [4.78, 5) is 37.1. The van der Waals surface area contributed by atoms with Gasteiger partial charge in [0.2, 0.25) is 0 Å². The standard InChI is InChI=1S/N2O4.2HNO3/c3-1-6-2(4)5;2*2-1(3)4/h;2*(H,2,3,4). The maximum Gasteiger partial charge on any atom is 0.354 e. The van der Waals surface area contributed by atoms with E-state index in [1.54, 1.807) is 0 Å². The van der Waals surface area contributed by atoms with Gasteiger partial charge in [-0.2, -0.15) is 0 Å². The third kappa shape index (κ3) is 15500. The fraction of sp³-hybridized carbons (Fsp3) is 0. The van der Waals surface area contributed by atoms with E-state index >= 15 is 0 Å². The summed E-state index contributed by atoms with van der Waals surface area (Å²) >= 11 is 0. The lowest BCUT2D eigenvalue weighted by Crippen LogP contribution is -1.90. The Labute approximate surface area is 72.6 Å². The van der Waals surface area contributed by atoms with E-state index in [1.165, 1.54) is 5.34 Å². The second-order valence-corrected chi connectivity index (χ2v) is 0.855. The molecule has 0 aromatic carbocycles. The number of hydrogen-bond donors (Lipinski definition) is 2. The number of nitrogens with zero attached hydrogens (tertiary/aromatic N) is 4. The molecule has 82 valence electrons. The summed E-state index contributed by atoms with van der Waals surface area (Å²) in [6.45, 7) is 0. The summed E-state index contributed by atoms with van der Waals surface area (Å²) in [6.07, 6.45) is 0. The predicted molar refractivity (Wildman–Crippen MR) is 31.4 cm³/mol. The molecule has 0 bridgehead atoms. The van der Waals surface area contributed by atoms with Gasteiger partial charge in [0.1, 0.15) is 0 Å². The van der Waals surface area contributed by atoms with Gasteiger partial charge in [0.25, 0.3) is 10.2 Å². The Balaban J connectivity index is -0.000000135. The summed E-state index contributed by atoms with van der Waals surface area (Å²) < 4.78 is 0. The Hall–Kier alpha value is -2.80. The highest BCUT2D eigenvalue weighted by Crippen LogP contribution is 1.68. The van der Waals surface area contributed by atoms with Crippen molar-refractivity contribution in [2.75, 3.05) is 0 Å². The van der Waals surface area contributed by atoms with Gasteiger partial charge in [-0.05, 0) is 0 Å². The number of rotatable bonds is 2. The molecule has 0 rings (SSSR count). The molecule has 0 aliphatic carbocycles. The van der Waals surface area contributed by atoms with E-state index < -0.39 is 15.3 Å². The minimum absolute atomic E-state index is 1.30. The Morgan fingerprint density at radius 1 is 1.00 bits per heavy atom. The molecule has 0 aromatic rings. The van der Waals surface area contributed by atoms with Crippen LogP contribution < -0.4 is 0 Å². The SMILES string of the molecule is O=NO[N+](=O)[O-].O=[N+]([O-])O.O=[N+]([O-])O. The Kier molecular flexibility index (Phi) is 15.9. The lowest BCUT2D eigenvalue weighted by atomic mass is 13.0. The Morgan fingerprint density at radius 2 is 1.21 bits per heavy atom. The van der Waals surface area contributed by atoms with Crippen molar-refractivity contribution in [1.29, 1.82) is 0 Å².